The molecule has 2 N–H and O–H groups in total. The molecular weight excluding hydrogens is 260 g/mol. The Morgan fingerprint density at radius 3 is 2.74 bits per heavy atom. The van der Waals surface area contributed by atoms with Crippen LogP contribution in [-0.4, -0.2) is 20.5 Å². The first-order valence-electron chi connectivity index (χ1n) is 6.79. The van der Waals surface area contributed by atoms with Gasteiger partial charge in [0.1, 0.15) is 0 Å². The molecule has 1 aromatic carbocycles. The van der Waals surface area contributed by atoms with Gasteiger partial charge in [-0.15, -0.1) is 0 Å². The Balaban J connectivity index is 1.87. The van der Waals surface area contributed by atoms with Crippen LogP contribution in [0.25, 0.3) is 0 Å². The van der Waals surface area contributed by atoms with E-state index in [0.717, 1.165) is 31.5 Å². The van der Waals surface area contributed by atoms with Gasteiger partial charge in [0, 0.05) is 17.8 Å². The molecule has 0 bridgehead atoms. The van der Waals surface area contributed by atoms with Crippen LogP contribution in [0.3, 0.4) is 0 Å². The molecule has 1 aliphatic heterocycles. The lowest BCUT2D eigenvalue weighted by Crippen LogP contribution is -2.45. The van der Waals surface area contributed by atoms with Crippen LogP contribution in [0.1, 0.15) is 32.3 Å². The second kappa shape index (κ2) is 4.21. The minimum Gasteiger partial charge on any atom is -0.384 e. The topological polar surface area (TPSA) is 58.2 Å². The first kappa shape index (κ1) is 12.9. The van der Waals surface area contributed by atoms with Gasteiger partial charge < -0.3 is 5.32 Å². The summed E-state index contributed by atoms with van der Waals surface area (Å²) in [6.45, 7) is 4.82. The van der Waals surface area contributed by atoms with E-state index in [-0.39, 0.29) is 5.54 Å². The minimum absolute atomic E-state index is 0.356. The van der Waals surface area contributed by atoms with Gasteiger partial charge in [0.15, 0.2) is 0 Å². The molecule has 1 aromatic rings. The lowest BCUT2D eigenvalue weighted by molar-refractivity contribution is 0.400. The second-order valence-corrected chi connectivity index (χ2v) is 7.78. The third kappa shape index (κ3) is 2.49. The summed E-state index contributed by atoms with van der Waals surface area (Å²) in [5.41, 5.74) is 1.79. The van der Waals surface area contributed by atoms with Crippen molar-refractivity contribution in [2.45, 2.75) is 43.5 Å². The number of rotatable bonds is 4. The Morgan fingerprint density at radius 2 is 2.05 bits per heavy atom. The highest BCUT2D eigenvalue weighted by Crippen LogP contribution is 2.40. The van der Waals surface area contributed by atoms with Gasteiger partial charge in [-0.2, -0.15) is 0 Å². The molecule has 1 aliphatic carbocycles. The van der Waals surface area contributed by atoms with Crippen molar-refractivity contribution in [2.24, 2.45) is 5.92 Å². The van der Waals surface area contributed by atoms with E-state index in [9.17, 15) is 8.42 Å². The molecule has 0 aromatic heterocycles. The van der Waals surface area contributed by atoms with Gasteiger partial charge in [0.2, 0.25) is 10.0 Å². The van der Waals surface area contributed by atoms with E-state index >= 15 is 0 Å². The summed E-state index contributed by atoms with van der Waals surface area (Å²) in [7, 11) is -3.43. The third-order valence-electron chi connectivity index (χ3n) is 4.10. The quantitative estimate of drug-likeness (QED) is 0.888. The first-order valence-corrected chi connectivity index (χ1v) is 8.28. The molecule has 19 heavy (non-hydrogen) atoms. The average Bonchev–Trinajstić information content (AvgIpc) is 3.07. The molecule has 0 atom stereocenters. The van der Waals surface area contributed by atoms with Gasteiger partial charge in [-0.25, -0.2) is 13.1 Å². The number of hydrogen-bond donors (Lipinski definition) is 2. The van der Waals surface area contributed by atoms with Crippen LogP contribution >= 0.6 is 0 Å². The maximum atomic E-state index is 12.4. The highest BCUT2D eigenvalue weighted by atomic mass is 32.2. The van der Waals surface area contributed by atoms with Crippen LogP contribution in [0.15, 0.2) is 23.1 Å². The number of nitrogens with one attached hydrogen (secondary N) is 2. The largest absolute Gasteiger partial charge is 0.384 e. The first-order chi connectivity index (χ1) is 8.88. The highest BCUT2D eigenvalue weighted by Gasteiger charge is 2.40. The van der Waals surface area contributed by atoms with Crippen molar-refractivity contribution in [3.8, 4) is 0 Å². The predicted molar refractivity (Wildman–Crippen MR) is 75.8 cm³/mol. The maximum absolute atomic E-state index is 12.4. The number of anilines is 1. The Morgan fingerprint density at radius 1 is 1.32 bits per heavy atom. The minimum atomic E-state index is -3.43. The van der Waals surface area contributed by atoms with Crippen LogP contribution in [0, 0.1) is 5.92 Å². The van der Waals surface area contributed by atoms with Crippen LogP contribution < -0.4 is 10.0 Å². The van der Waals surface area contributed by atoms with Crippen molar-refractivity contribution in [1.82, 2.24) is 4.72 Å². The van der Waals surface area contributed by atoms with Crippen molar-refractivity contribution in [1.29, 1.82) is 0 Å². The lowest BCUT2D eigenvalue weighted by atomic mass is 10.0. The molecule has 0 radical (unpaired) electrons. The third-order valence-corrected chi connectivity index (χ3v) is 5.77. The van der Waals surface area contributed by atoms with Crippen molar-refractivity contribution < 1.29 is 8.42 Å². The fourth-order valence-electron chi connectivity index (χ4n) is 2.73. The summed E-state index contributed by atoms with van der Waals surface area (Å²) in [4.78, 5) is 0.356. The molecule has 0 amide bonds. The van der Waals surface area contributed by atoms with Crippen molar-refractivity contribution in [3.63, 3.8) is 0 Å². The van der Waals surface area contributed by atoms with Gasteiger partial charge in [-0.3, -0.25) is 0 Å². The number of fused-ring (bicyclic) bond motifs is 1. The van der Waals surface area contributed by atoms with Crippen molar-refractivity contribution in [3.05, 3.63) is 23.8 Å². The van der Waals surface area contributed by atoms with E-state index in [1.54, 1.807) is 12.1 Å². The lowest BCUT2D eigenvalue weighted by Gasteiger charge is -2.25. The zero-order valence-electron chi connectivity index (χ0n) is 11.4. The molecular formula is C14H20N2O2S. The zero-order valence-corrected chi connectivity index (χ0v) is 12.2. The second-order valence-electron chi connectivity index (χ2n) is 6.10. The number of sulfonamides is 1. The van der Waals surface area contributed by atoms with Crippen molar-refractivity contribution >= 4 is 15.7 Å². The van der Waals surface area contributed by atoms with Crippen LogP contribution in [0.4, 0.5) is 5.69 Å². The molecule has 4 nitrogen and oxygen atoms in total. The van der Waals surface area contributed by atoms with Gasteiger partial charge in [0.05, 0.1) is 4.90 Å². The summed E-state index contributed by atoms with van der Waals surface area (Å²) in [6, 6.07) is 5.36. The molecule has 0 spiro atoms. The highest BCUT2D eigenvalue weighted by molar-refractivity contribution is 7.89. The van der Waals surface area contributed by atoms with Gasteiger partial charge in [-0.1, -0.05) is 6.07 Å². The fourth-order valence-corrected chi connectivity index (χ4v) is 4.23. The molecule has 1 heterocycles. The Bertz CT molecular complexity index is 604. The Labute approximate surface area is 114 Å². The normalized spacial score (nSPS) is 19.1. The standard InChI is InChI=1S/C14H20N2O2S/c1-14(2,11-4-5-11)16-19(17,18)12-6-3-10-7-8-15-13(10)9-12/h3,6,9,11,15-16H,4-5,7-8H2,1-2H3. The smallest absolute Gasteiger partial charge is 0.241 e. The molecule has 2 aliphatic rings. The summed E-state index contributed by atoms with van der Waals surface area (Å²) in [6.07, 6.45) is 3.19. The maximum Gasteiger partial charge on any atom is 0.241 e. The van der Waals surface area contributed by atoms with E-state index in [2.05, 4.69) is 10.0 Å². The number of benzene rings is 1. The van der Waals surface area contributed by atoms with Crippen LogP contribution in [0.2, 0.25) is 0 Å². The van der Waals surface area contributed by atoms with Crippen LogP contribution in [-0.2, 0) is 16.4 Å². The Hall–Kier alpha value is -1.07. The SMILES string of the molecule is CC(C)(NS(=O)(=O)c1ccc2c(c1)NCC2)C1CC1. The summed E-state index contributed by atoms with van der Waals surface area (Å²) >= 11 is 0. The summed E-state index contributed by atoms with van der Waals surface area (Å²) in [5, 5.41) is 3.22. The van der Waals surface area contributed by atoms with E-state index in [0.29, 0.717) is 10.8 Å². The zero-order chi connectivity index (χ0) is 13.7. The van der Waals surface area contributed by atoms with Crippen LogP contribution in [0.5, 0.6) is 0 Å². The fraction of sp³-hybridized carbons (Fsp3) is 0.571. The summed E-state index contributed by atoms with van der Waals surface area (Å²) < 4.78 is 27.7. The van der Waals surface area contributed by atoms with Gasteiger partial charge in [0.25, 0.3) is 0 Å². The summed E-state index contributed by atoms with van der Waals surface area (Å²) in [5.74, 6) is 0.467. The molecule has 1 fully saturated rings. The van der Waals surface area contributed by atoms with E-state index in [1.807, 2.05) is 19.9 Å². The predicted octanol–water partition coefficient (Wildman–Crippen LogP) is 2.12. The molecule has 104 valence electrons. The molecule has 0 saturated heterocycles. The molecule has 1 saturated carbocycles. The van der Waals surface area contributed by atoms with E-state index < -0.39 is 10.0 Å². The Kier molecular flexibility index (Phi) is 2.87. The van der Waals surface area contributed by atoms with E-state index in [4.69, 9.17) is 0 Å². The van der Waals surface area contributed by atoms with Gasteiger partial charge in [-0.05, 0) is 56.7 Å². The van der Waals surface area contributed by atoms with Gasteiger partial charge >= 0.3 is 0 Å². The van der Waals surface area contributed by atoms with Crippen molar-refractivity contribution in [2.75, 3.05) is 11.9 Å². The monoisotopic (exact) mass is 280 g/mol. The molecule has 5 heteroatoms. The average molecular weight is 280 g/mol. The molecule has 0 unspecified atom stereocenters. The van der Waals surface area contributed by atoms with E-state index in [1.165, 1.54) is 5.56 Å². The number of hydrogen-bond acceptors (Lipinski definition) is 3. The molecule has 3 rings (SSSR count).